The van der Waals surface area contributed by atoms with Crippen molar-refractivity contribution in [3.8, 4) is 0 Å². The van der Waals surface area contributed by atoms with E-state index >= 15 is 0 Å². The van der Waals surface area contributed by atoms with Gasteiger partial charge in [-0.05, 0) is 67.2 Å². The number of carbonyl (C=O) groups is 5. The van der Waals surface area contributed by atoms with Gasteiger partial charge in [-0.1, -0.05) is 93.6 Å². The number of benzene rings is 3. The highest BCUT2D eigenvalue weighted by Gasteiger charge is 2.59. The molecule has 246 valence electrons. The Hall–Kier alpha value is -4.06. The molecule has 3 amide bonds. The minimum Gasteiger partial charge on any atom is -0.451 e. The monoisotopic (exact) mass is 672 g/mol. The number of Topliss-reactive ketones (excluding diaryl/α,β-unsaturated/α-hetero) is 1. The van der Waals surface area contributed by atoms with Gasteiger partial charge in [-0.2, -0.15) is 0 Å². The van der Waals surface area contributed by atoms with E-state index in [0.29, 0.717) is 11.1 Å². The number of hydrogen-bond acceptors (Lipinski definition) is 8. The van der Waals surface area contributed by atoms with Gasteiger partial charge in [-0.25, -0.2) is 9.10 Å². The standard InChI is InChI=1S/C36H40N2O7SSi/c1-22(39)29(35(43)44-30(24-16-10-8-11-17-24)25-18-12-9-13-19-25)37-33(42)28(23(2)45-47(6,7)36(3,4)5)34(37)46-38-31(40)26-20-14-15-21-27(26)32(38)41/h8-21,23,28-30,34H,1-7H3/t23-,28+,29?,34-/m1/s1. The van der Waals surface area contributed by atoms with E-state index in [-0.39, 0.29) is 16.2 Å². The molecule has 0 bridgehead atoms. The third-order valence-corrected chi connectivity index (χ3v) is 15.1. The SMILES string of the molecule is CC(=O)C(C(=O)OC(c1ccccc1)c1ccccc1)N1C(=O)[C@H]([C@@H](C)O[Si](C)(C)C(C)(C)C)[C@H]1SN1C(=O)c2ccccc2C1=O. The molecule has 0 radical (unpaired) electrons. The highest BCUT2D eigenvalue weighted by molar-refractivity contribution is 7.98. The fourth-order valence-electron chi connectivity index (χ4n) is 5.66. The molecule has 47 heavy (non-hydrogen) atoms. The first-order valence-electron chi connectivity index (χ1n) is 15.6. The van der Waals surface area contributed by atoms with E-state index in [1.165, 1.54) is 6.92 Å². The predicted molar refractivity (Wildman–Crippen MR) is 182 cm³/mol. The maximum Gasteiger partial charge on any atom is 0.337 e. The van der Waals surface area contributed by atoms with Gasteiger partial charge in [0.05, 0.1) is 23.1 Å². The Kier molecular flexibility index (Phi) is 9.63. The second-order valence-electron chi connectivity index (χ2n) is 13.5. The number of esters is 1. The van der Waals surface area contributed by atoms with Gasteiger partial charge >= 0.3 is 5.97 Å². The van der Waals surface area contributed by atoms with E-state index in [1.807, 2.05) is 60.7 Å². The van der Waals surface area contributed by atoms with Crippen molar-refractivity contribution in [2.24, 2.45) is 5.92 Å². The molecule has 4 atom stereocenters. The highest BCUT2D eigenvalue weighted by Crippen LogP contribution is 2.46. The molecule has 3 aromatic rings. The van der Waals surface area contributed by atoms with E-state index in [0.717, 1.165) is 21.2 Å². The van der Waals surface area contributed by atoms with Crippen LogP contribution in [0.1, 0.15) is 72.6 Å². The number of imide groups is 1. The lowest BCUT2D eigenvalue weighted by Gasteiger charge is -2.52. The van der Waals surface area contributed by atoms with Crippen LogP contribution in [0.15, 0.2) is 84.9 Å². The molecule has 2 heterocycles. The zero-order valence-electron chi connectivity index (χ0n) is 27.6. The summed E-state index contributed by atoms with van der Waals surface area (Å²) >= 11 is 0.838. The molecule has 5 rings (SSSR count). The molecule has 0 N–H and O–H groups in total. The topological polar surface area (TPSA) is 110 Å². The maximum absolute atomic E-state index is 14.1. The van der Waals surface area contributed by atoms with Crippen LogP contribution in [0.25, 0.3) is 0 Å². The Morgan fingerprint density at radius 2 is 1.28 bits per heavy atom. The quantitative estimate of drug-likeness (QED) is 0.0574. The Morgan fingerprint density at radius 3 is 1.72 bits per heavy atom. The lowest BCUT2D eigenvalue weighted by atomic mass is 9.90. The highest BCUT2D eigenvalue weighted by atomic mass is 32.2. The van der Waals surface area contributed by atoms with Gasteiger partial charge in [-0.15, -0.1) is 0 Å². The molecule has 1 saturated heterocycles. The van der Waals surface area contributed by atoms with Crippen molar-refractivity contribution in [2.75, 3.05) is 0 Å². The van der Waals surface area contributed by atoms with E-state index in [4.69, 9.17) is 9.16 Å². The number of fused-ring (bicyclic) bond motifs is 1. The molecule has 1 unspecified atom stereocenters. The van der Waals surface area contributed by atoms with Crippen LogP contribution in [0.5, 0.6) is 0 Å². The summed E-state index contributed by atoms with van der Waals surface area (Å²) in [6, 6.07) is 23.1. The molecule has 0 saturated carbocycles. The Balaban J connectivity index is 1.49. The van der Waals surface area contributed by atoms with Gasteiger partial charge in [0.25, 0.3) is 11.8 Å². The Labute approximate surface area is 280 Å². The van der Waals surface area contributed by atoms with Crippen LogP contribution in [0.4, 0.5) is 0 Å². The summed E-state index contributed by atoms with van der Waals surface area (Å²) in [5.74, 6) is -3.89. The van der Waals surface area contributed by atoms with Crippen LogP contribution in [0, 0.1) is 5.92 Å². The van der Waals surface area contributed by atoms with Crippen LogP contribution >= 0.6 is 11.9 Å². The zero-order valence-corrected chi connectivity index (χ0v) is 29.4. The summed E-state index contributed by atoms with van der Waals surface area (Å²) < 4.78 is 13.7. The molecule has 0 spiro atoms. The minimum atomic E-state index is -2.37. The number of ether oxygens (including phenoxy) is 1. The Morgan fingerprint density at radius 1 is 0.809 bits per heavy atom. The summed E-state index contributed by atoms with van der Waals surface area (Å²) in [5, 5.41) is -1.10. The zero-order chi connectivity index (χ0) is 34.3. The van der Waals surface area contributed by atoms with Crippen LogP contribution < -0.4 is 0 Å². The van der Waals surface area contributed by atoms with E-state index < -0.39 is 67.3 Å². The van der Waals surface area contributed by atoms with E-state index in [1.54, 1.807) is 31.2 Å². The number of β-lactam (4-membered cyclic amide) rings is 1. The van der Waals surface area contributed by atoms with E-state index in [9.17, 15) is 24.0 Å². The van der Waals surface area contributed by atoms with Crippen molar-refractivity contribution < 1.29 is 33.1 Å². The fraction of sp³-hybridized carbons (Fsp3) is 0.361. The lowest BCUT2D eigenvalue weighted by molar-refractivity contribution is -0.175. The molecule has 2 aliphatic heterocycles. The first-order chi connectivity index (χ1) is 22.1. The van der Waals surface area contributed by atoms with Gasteiger partial charge in [0.15, 0.2) is 26.2 Å². The van der Waals surface area contributed by atoms with Crippen LogP contribution in [0.2, 0.25) is 18.1 Å². The second-order valence-corrected chi connectivity index (χ2v) is 19.3. The molecular formula is C36H40N2O7SSi. The lowest BCUT2D eigenvalue weighted by Crippen LogP contribution is -2.70. The van der Waals surface area contributed by atoms with Crippen molar-refractivity contribution in [3.05, 3.63) is 107 Å². The third kappa shape index (κ3) is 6.57. The minimum absolute atomic E-state index is 0.158. The number of ketones is 1. The second kappa shape index (κ2) is 13.2. The maximum atomic E-state index is 14.1. The normalized spacial score (nSPS) is 19.4. The first kappa shape index (κ1) is 34.3. The number of carbonyl (C=O) groups excluding carboxylic acids is 5. The molecule has 3 aromatic carbocycles. The predicted octanol–water partition coefficient (Wildman–Crippen LogP) is 6.42. The van der Waals surface area contributed by atoms with Gasteiger partial charge in [-0.3, -0.25) is 19.2 Å². The molecule has 0 aliphatic carbocycles. The number of likely N-dealkylation sites (tertiary alicyclic amines) is 1. The Bertz CT molecular complexity index is 1620. The summed E-state index contributed by atoms with van der Waals surface area (Å²) in [5.41, 5.74) is 1.88. The van der Waals surface area contributed by atoms with Crippen molar-refractivity contribution in [1.82, 2.24) is 9.21 Å². The smallest absolute Gasteiger partial charge is 0.337 e. The van der Waals surface area contributed by atoms with Crippen molar-refractivity contribution in [2.45, 2.75) is 76.4 Å². The molecule has 2 aliphatic rings. The molecular weight excluding hydrogens is 633 g/mol. The first-order valence-corrected chi connectivity index (χ1v) is 19.3. The van der Waals surface area contributed by atoms with Gasteiger partial charge in [0.2, 0.25) is 5.91 Å². The van der Waals surface area contributed by atoms with Gasteiger partial charge in [0.1, 0.15) is 5.37 Å². The van der Waals surface area contributed by atoms with Crippen molar-refractivity contribution in [1.29, 1.82) is 0 Å². The molecule has 11 heteroatoms. The number of amides is 3. The van der Waals surface area contributed by atoms with Crippen LogP contribution in [-0.2, 0) is 23.5 Å². The number of nitrogens with zero attached hydrogens (tertiary/aromatic N) is 2. The van der Waals surface area contributed by atoms with E-state index in [2.05, 4.69) is 33.9 Å². The summed E-state index contributed by atoms with van der Waals surface area (Å²) in [6.45, 7) is 13.4. The van der Waals surface area contributed by atoms with Crippen molar-refractivity contribution in [3.63, 3.8) is 0 Å². The summed E-state index contributed by atoms with van der Waals surface area (Å²) in [7, 11) is -2.37. The van der Waals surface area contributed by atoms with Crippen LogP contribution in [0.3, 0.4) is 0 Å². The summed E-state index contributed by atoms with van der Waals surface area (Å²) in [4.78, 5) is 69.3. The van der Waals surface area contributed by atoms with Crippen molar-refractivity contribution >= 4 is 49.7 Å². The molecule has 1 fully saturated rings. The van der Waals surface area contributed by atoms with Crippen LogP contribution in [-0.4, -0.2) is 64.5 Å². The number of hydrogen-bond donors (Lipinski definition) is 0. The largest absolute Gasteiger partial charge is 0.451 e. The fourth-order valence-corrected chi connectivity index (χ4v) is 8.49. The average molecular weight is 673 g/mol. The molecule has 9 nitrogen and oxygen atoms in total. The third-order valence-electron chi connectivity index (χ3n) is 9.21. The number of rotatable bonds is 11. The summed E-state index contributed by atoms with van der Waals surface area (Å²) in [6.07, 6.45) is -1.47. The van der Waals surface area contributed by atoms with Gasteiger partial charge < -0.3 is 14.1 Å². The average Bonchev–Trinajstić information content (AvgIpc) is 3.26. The molecule has 0 aromatic heterocycles. The van der Waals surface area contributed by atoms with Gasteiger partial charge in [0, 0.05) is 0 Å².